The number of rotatable bonds is 3. The van der Waals surface area contributed by atoms with Crippen molar-refractivity contribution in [2.45, 2.75) is 18.9 Å². The molecule has 1 aliphatic rings. The van der Waals surface area contributed by atoms with Gasteiger partial charge in [-0.2, -0.15) is 0 Å². The average molecular weight is 408 g/mol. The molecule has 1 amide bonds. The summed E-state index contributed by atoms with van der Waals surface area (Å²) in [6, 6.07) is 13.8. The largest absolute Gasteiger partial charge is 0.463 e. The summed E-state index contributed by atoms with van der Waals surface area (Å²) in [6.07, 6.45) is 3.59. The van der Waals surface area contributed by atoms with E-state index in [1.807, 2.05) is 54.4 Å². The van der Waals surface area contributed by atoms with Crippen LogP contribution in [0.25, 0.3) is 22.4 Å². The fraction of sp³-hybridized carbons (Fsp3) is 0.300. The lowest BCUT2D eigenvalue weighted by molar-refractivity contribution is 0.0709. The van der Waals surface area contributed by atoms with Crippen LogP contribution in [0, 0.1) is 0 Å². The summed E-state index contributed by atoms with van der Waals surface area (Å²) >= 11 is 0. The van der Waals surface area contributed by atoms with Crippen molar-refractivity contribution in [2.24, 2.45) is 0 Å². The standard InChI is InChI=1S/C20H21N3O2.2ClH/c1-21-14-8-10-23(11-9-14)20(24)16-13-18(19-7-4-12-25-19)22-17-6-3-2-5-15(16)17;;/h2-7,12-14,21H,8-11H2,1H3;2*1H. The molecular formula is C20H23Cl2N3O2. The van der Waals surface area contributed by atoms with Crippen LogP contribution < -0.4 is 5.32 Å². The van der Waals surface area contributed by atoms with Crippen LogP contribution in [0.5, 0.6) is 0 Å². The Morgan fingerprint density at radius 3 is 2.56 bits per heavy atom. The van der Waals surface area contributed by atoms with Gasteiger partial charge in [0.2, 0.25) is 0 Å². The number of hydrogen-bond donors (Lipinski definition) is 1. The lowest BCUT2D eigenvalue weighted by atomic mass is 10.0. The Labute approximate surface area is 171 Å². The predicted octanol–water partition coefficient (Wildman–Crippen LogP) is 4.16. The Bertz CT molecular complexity index is 891. The highest BCUT2D eigenvalue weighted by Crippen LogP contribution is 2.27. The van der Waals surface area contributed by atoms with E-state index in [-0.39, 0.29) is 30.7 Å². The first-order valence-corrected chi connectivity index (χ1v) is 8.66. The minimum absolute atomic E-state index is 0. The van der Waals surface area contributed by atoms with Crippen molar-refractivity contribution in [1.29, 1.82) is 0 Å². The maximum Gasteiger partial charge on any atom is 0.254 e. The quantitative estimate of drug-likeness (QED) is 0.707. The number of nitrogens with one attached hydrogen (secondary N) is 1. The molecule has 144 valence electrons. The Hall–Kier alpha value is -2.08. The maximum absolute atomic E-state index is 13.2. The second-order valence-electron chi connectivity index (χ2n) is 6.40. The molecular weight excluding hydrogens is 385 g/mol. The highest BCUT2D eigenvalue weighted by Gasteiger charge is 2.24. The average Bonchev–Trinajstić information content (AvgIpc) is 3.21. The summed E-state index contributed by atoms with van der Waals surface area (Å²) in [7, 11) is 1.98. The van der Waals surface area contributed by atoms with Gasteiger partial charge in [0.1, 0.15) is 5.69 Å². The smallest absolute Gasteiger partial charge is 0.254 e. The van der Waals surface area contributed by atoms with Crippen LogP contribution >= 0.6 is 24.8 Å². The van der Waals surface area contributed by atoms with Gasteiger partial charge in [0.15, 0.2) is 5.76 Å². The molecule has 0 unspecified atom stereocenters. The molecule has 3 aromatic rings. The number of nitrogens with zero attached hydrogens (tertiary/aromatic N) is 2. The number of para-hydroxylation sites is 1. The molecule has 1 saturated heterocycles. The van der Waals surface area contributed by atoms with Gasteiger partial charge in [-0.1, -0.05) is 18.2 Å². The highest BCUT2D eigenvalue weighted by molar-refractivity contribution is 6.07. The van der Waals surface area contributed by atoms with E-state index in [1.165, 1.54) is 0 Å². The van der Waals surface area contributed by atoms with E-state index in [1.54, 1.807) is 6.26 Å². The number of carbonyl (C=O) groups excluding carboxylic acids is 1. The van der Waals surface area contributed by atoms with E-state index in [0.29, 0.717) is 23.1 Å². The third-order valence-electron chi connectivity index (χ3n) is 4.91. The van der Waals surface area contributed by atoms with Gasteiger partial charge in [-0.05, 0) is 44.2 Å². The molecule has 0 saturated carbocycles. The highest BCUT2D eigenvalue weighted by atomic mass is 35.5. The number of aromatic nitrogens is 1. The molecule has 0 bridgehead atoms. The van der Waals surface area contributed by atoms with E-state index < -0.39 is 0 Å². The molecule has 0 atom stereocenters. The summed E-state index contributed by atoms with van der Waals surface area (Å²) in [5.74, 6) is 0.745. The van der Waals surface area contributed by atoms with Gasteiger partial charge < -0.3 is 14.6 Å². The lowest BCUT2D eigenvalue weighted by Crippen LogP contribution is -2.44. The Morgan fingerprint density at radius 1 is 1.15 bits per heavy atom. The number of benzene rings is 1. The fourth-order valence-corrected chi connectivity index (χ4v) is 3.44. The van der Waals surface area contributed by atoms with Gasteiger partial charge in [0.25, 0.3) is 5.91 Å². The number of amides is 1. The molecule has 27 heavy (non-hydrogen) atoms. The predicted molar refractivity (Wildman–Crippen MR) is 112 cm³/mol. The molecule has 0 aliphatic carbocycles. The van der Waals surface area contributed by atoms with Crippen LogP contribution in [-0.4, -0.2) is 42.0 Å². The van der Waals surface area contributed by atoms with Crippen LogP contribution in [0.2, 0.25) is 0 Å². The monoisotopic (exact) mass is 407 g/mol. The van der Waals surface area contributed by atoms with Crippen molar-refractivity contribution in [3.05, 3.63) is 54.3 Å². The van der Waals surface area contributed by atoms with Gasteiger partial charge in [0.05, 0.1) is 17.3 Å². The van der Waals surface area contributed by atoms with Gasteiger partial charge in [-0.15, -0.1) is 24.8 Å². The normalized spacial score (nSPS) is 14.5. The molecule has 3 heterocycles. The Kier molecular flexibility index (Phi) is 7.25. The zero-order valence-corrected chi connectivity index (χ0v) is 16.7. The van der Waals surface area contributed by atoms with Crippen LogP contribution in [0.3, 0.4) is 0 Å². The second kappa shape index (κ2) is 9.22. The van der Waals surface area contributed by atoms with Gasteiger partial charge in [-0.3, -0.25) is 4.79 Å². The molecule has 4 rings (SSSR count). The molecule has 1 fully saturated rings. The van der Waals surface area contributed by atoms with E-state index in [9.17, 15) is 4.79 Å². The summed E-state index contributed by atoms with van der Waals surface area (Å²) in [4.78, 5) is 19.8. The van der Waals surface area contributed by atoms with Crippen molar-refractivity contribution in [2.75, 3.05) is 20.1 Å². The van der Waals surface area contributed by atoms with Gasteiger partial charge in [-0.25, -0.2) is 4.98 Å². The molecule has 1 aliphatic heterocycles. The third kappa shape index (κ3) is 4.26. The number of furan rings is 1. The first-order chi connectivity index (χ1) is 12.3. The molecule has 1 aromatic carbocycles. The van der Waals surface area contributed by atoms with Crippen LogP contribution in [0.1, 0.15) is 23.2 Å². The summed E-state index contributed by atoms with van der Waals surface area (Å²) in [5.41, 5.74) is 2.20. The summed E-state index contributed by atoms with van der Waals surface area (Å²) in [5, 5.41) is 4.19. The van der Waals surface area contributed by atoms with Crippen molar-refractivity contribution in [3.63, 3.8) is 0 Å². The summed E-state index contributed by atoms with van der Waals surface area (Å²) in [6.45, 7) is 1.55. The van der Waals surface area contributed by atoms with Gasteiger partial charge >= 0.3 is 0 Å². The summed E-state index contributed by atoms with van der Waals surface area (Å²) < 4.78 is 5.48. The minimum Gasteiger partial charge on any atom is -0.463 e. The molecule has 5 nitrogen and oxygen atoms in total. The van der Waals surface area contributed by atoms with Crippen molar-refractivity contribution < 1.29 is 9.21 Å². The molecule has 0 spiro atoms. The van der Waals surface area contributed by atoms with E-state index >= 15 is 0 Å². The van der Waals surface area contributed by atoms with E-state index in [4.69, 9.17) is 4.42 Å². The molecule has 7 heteroatoms. The number of hydrogen-bond acceptors (Lipinski definition) is 4. The third-order valence-corrected chi connectivity index (χ3v) is 4.91. The topological polar surface area (TPSA) is 58.4 Å². The zero-order valence-electron chi connectivity index (χ0n) is 15.1. The number of pyridine rings is 1. The Morgan fingerprint density at radius 2 is 1.89 bits per heavy atom. The molecule has 1 N–H and O–H groups in total. The first kappa shape index (κ1) is 21.2. The van der Waals surface area contributed by atoms with E-state index in [0.717, 1.165) is 36.8 Å². The van der Waals surface area contributed by atoms with E-state index in [2.05, 4.69) is 10.3 Å². The Balaban J connectivity index is 0.00000131. The number of carbonyl (C=O) groups is 1. The fourth-order valence-electron chi connectivity index (χ4n) is 3.44. The molecule has 2 aromatic heterocycles. The number of piperidine rings is 1. The van der Waals surface area contributed by atoms with Crippen LogP contribution in [-0.2, 0) is 0 Å². The first-order valence-electron chi connectivity index (χ1n) is 8.66. The minimum atomic E-state index is 0. The van der Waals surface area contributed by atoms with Crippen LogP contribution in [0.15, 0.2) is 53.1 Å². The lowest BCUT2D eigenvalue weighted by Gasteiger charge is -2.32. The number of likely N-dealkylation sites (tertiary alicyclic amines) is 1. The van der Waals surface area contributed by atoms with Crippen molar-refractivity contribution in [3.8, 4) is 11.5 Å². The maximum atomic E-state index is 13.2. The number of fused-ring (bicyclic) bond motifs is 1. The molecule has 0 radical (unpaired) electrons. The SMILES string of the molecule is CNC1CCN(C(=O)c2cc(-c3ccco3)nc3ccccc23)CC1.Cl.Cl. The number of halogens is 2. The van der Waals surface area contributed by atoms with Crippen molar-refractivity contribution in [1.82, 2.24) is 15.2 Å². The second-order valence-corrected chi connectivity index (χ2v) is 6.40. The van der Waals surface area contributed by atoms with Crippen molar-refractivity contribution >= 4 is 41.6 Å². The van der Waals surface area contributed by atoms with Gasteiger partial charge in [0, 0.05) is 24.5 Å². The zero-order chi connectivity index (χ0) is 17.2. The van der Waals surface area contributed by atoms with Crippen LogP contribution in [0.4, 0.5) is 0 Å².